The Morgan fingerprint density at radius 2 is 1.83 bits per heavy atom. The van der Waals surface area contributed by atoms with Crippen LogP contribution in [-0.4, -0.2) is 105 Å². The van der Waals surface area contributed by atoms with Gasteiger partial charge < -0.3 is 39.2 Å². The van der Waals surface area contributed by atoms with Crippen LogP contribution in [0.15, 0.2) is 0 Å². The van der Waals surface area contributed by atoms with Gasteiger partial charge in [-0.15, -0.1) is 0 Å². The number of cyclic esters (lactones) is 1. The van der Waals surface area contributed by atoms with E-state index < -0.39 is 66.2 Å². The summed E-state index contributed by atoms with van der Waals surface area (Å²) in [5, 5.41) is 15.6. The van der Waals surface area contributed by atoms with E-state index >= 15 is 0 Å². The van der Waals surface area contributed by atoms with E-state index in [0.29, 0.717) is 4.48 Å². The summed E-state index contributed by atoms with van der Waals surface area (Å²) in [6, 6.07) is 0. The van der Waals surface area contributed by atoms with Gasteiger partial charge in [-0.25, -0.2) is 4.79 Å². The molecule has 2 N–H and O–H groups in total. The Morgan fingerprint density at radius 3 is 2.44 bits per heavy atom. The summed E-state index contributed by atoms with van der Waals surface area (Å²) in [6.07, 6.45) is -4.80. The molecule has 1 aliphatic heterocycles. The normalized spacial score (nSPS) is 19.8. The van der Waals surface area contributed by atoms with Crippen molar-refractivity contribution in [3.05, 3.63) is 0 Å². The molecule has 2 atom stereocenters. The molecule has 0 unspecified atom stereocenters. The molecule has 0 saturated carbocycles. The largest absolute Gasteiger partial charge is 0.550 e. The summed E-state index contributed by atoms with van der Waals surface area (Å²) in [5.41, 5.74) is -1.28. The van der Waals surface area contributed by atoms with Crippen LogP contribution in [0.2, 0.25) is 0 Å². The maximum absolute atomic E-state index is 12.8. The van der Waals surface area contributed by atoms with E-state index in [-0.39, 0.29) is 37.7 Å². The molecular formula is C22H35N3O10S. The highest BCUT2D eigenvalue weighted by Crippen LogP contribution is 2.26. The number of amides is 2. The highest BCUT2D eigenvalue weighted by molar-refractivity contribution is 8.13. The number of thioether (sulfide) groups is 1. The molecule has 0 aromatic carbocycles. The van der Waals surface area contributed by atoms with Gasteiger partial charge in [0.15, 0.2) is 17.3 Å². The number of hydrogen-bond donors (Lipinski definition) is 2. The zero-order valence-corrected chi connectivity index (χ0v) is 22.1. The molecule has 0 aliphatic carbocycles. The van der Waals surface area contributed by atoms with Crippen LogP contribution < -0.4 is 15.7 Å². The summed E-state index contributed by atoms with van der Waals surface area (Å²) in [6.45, 7) is 2.93. The molecule has 36 heavy (non-hydrogen) atoms. The first kappa shape index (κ1) is 31.2. The maximum Gasteiger partial charge on any atom is 0.508 e. The number of rotatable bonds is 8. The second-order valence-electron chi connectivity index (χ2n) is 9.97. The van der Waals surface area contributed by atoms with Crippen LogP contribution in [-0.2, 0) is 38.2 Å². The molecule has 2 amide bonds. The van der Waals surface area contributed by atoms with Gasteiger partial charge in [0.1, 0.15) is 19.6 Å². The number of quaternary nitrogens is 1. The SMILES string of the molecule is CC(C)(COC(=O)O[C@H](CC(=O)[O-])C[N+](C)(C)C)[C@H]1OC(=O)CC(=O)SCCNC(=O)CCNC1=O. The second-order valence-corrected chi connectivity index (χ2v) is 11.1. The number of aliphatic carboxylic acids is 1. The minimum atomic E-state index is -1.47. The van der Waals surface area contributed by atoms with Crippen molar-refractivity contribution in [3.8, 4) is 0 Å². The van der Waals surface area contributed by atoms with Crippen molar-refractivity contribution < 1.29 is 52.6 Å². The minimum Gasteiger partial charge on any atom is -0.550 e. The minimum absolute atomic E-state index is 0.0274. The molecule has 1 rings (SSSR count). The summed E-state index contributed by atoms with van der Waals surface area (Å²) in [7, 11) is 5.36. The quantitative estimate of drug-likeness (QED) is 0.213. The Kier molecular flexibility index (Phi) is 12.1. The second kappa shape index (κ2) is 14.0. The van der Waals surface area contributed by atoms with E-state index in [9.17, 15) is 33.9 Å². The highest BCUT2D eigenvalue weighted by atomic mass is 32.2. The fourth-order valence-electron chi connectivity index (χ4n) is 3.18. The fourth-order valence-corrected chi connectivity index (χ4v) is 3.83. The zero-order chi connectivity index (χ0) is 27.5. The summed E-state index contributed by atoms with van der Waals surface area (Å²) >= 11 is 0.857. The number of carboxylic acid groups (broad SMARTS) is 1. The van der Waals surface area contributed by atoms with E-state index in [4.69, 9.17) is 14.2 Å². The molecule has 0 aromatic rings. The number of hydrogen-bond acceptors (Lipinski definition) is 11. The van der Waals surface area contributed by atoms with Crippen LogP contribution in [0.5, 0.6) is 0 Å². The first-order valence-electron chi connectivity index (χ1n) is 11.3. The van der Waals surface area contributed by atoms with E-state index in [1.165, 1.54) is 13.8 Å². The van der Waals surface area contributed by atoms with Crippen molar-refractivity contribution in [2.45, 2.75) is 45.3 Å². The number of carbonyl (C=O) groups is 6. The topological polar surface area (TPSA) is 177 Å². The number of carboxylic acids is 1. The van der Waals surface area contributed by atoms with Crippen LogP contribution in [0.1, 0.15) is 33.1 Å². The van der Waals surface area contributed by atoms with Crippen molar-refractivity contribution in [1.82, 2.24) is 10.6 Å². The molecule has 1 heterocycles. The molecule has 1 aliphatic rings. The number of likely N-dealkylation sites (N-methyl/N-ethyl adjacent to an activating group) is 1. The number of nitrogens with one attached hydrogen (secondary N) is 2. The molecule has 0 radical (unpaired) electrons. The van der Waals surface area contributed by atoms with E-state index in [1.54, 1.807) is 21.1 Å². The molecule has 13 nitrogen and oxygen atoms in total. The summed E-state index contributed by atoms with van der Waals surface area (Å²) in [5.74, 6) is -3.11. The van der Waals surface area contributed by atoms with Crippen LogP contribution in [0.3, 0.4) is 0 Å². The predicted molar refractivity (Wildman–Crippen MR) is 125 cm³/mol. The van der Waals surface area contributed by atoms with Gasteiger partial charge >= 0.3 is 12.1 Å². The molecule has 204 valence electrons. The van der Waals surface area contributed by atoms with Gasteiger partial charge in [0.25, 0.3) is 5.91 Å². The molecule has 0 bridgehead atoms. The molecule has 1 saturated heterocycles. The third-order valence-corrected chi connectivity index (χ3v) is 5.67. The molecule has 14 heteroatoms. The highest BCUT2D eigenvalue weighted by Gasteiger charge is 2.40. The average molecular weight is 534 g/mol. The van der Waals surface area contributed by atoms with Crippen molar-refractivity contribution in [1.29, 1.82) is 0 Å². The van der Waals surface area contributed by atoms with Crippen LogP contribution >= 0.6 is 11.8 Å². The van der Waals surface area contributed by atoms with Gasteiger partial charge in [-0.05, 0) is 0 Å². The van der Waals surface area contributed by atoms with E-state index in [1.807, 2.05) is 0 Å². The van der Waals surface area contributed by atoms with Gasteiger partial charge in [0.05, 0.1) is 21.1 Å². The van der Waals surface area contributed by atoms with Crippen molar-refractivity contribution in [2.24, 2.45) is 5.41 Å². The van der Waals surface area contributed by atoms with Gasteiger partial charge in [0, 0.05) is 43.1 Å². The average Bonchev–Trinajstić information content (AvgIpc) is 2.71. The van der Waals surface area contributed by atoms with Crippen molar-refractivity contribution in [3.63, 3.8) is 0 Å². The number of carbonyl (C=O) groups excluding carboxylic acids is 6. The van der Waals surface area contributed by atoms with Crippen molar-refractivity contribution in [2.75, 3.05) is 53.1 Å². The van der Waals surface area contributed by atoms with Gasteiger partial charge in [-0.1, -0.05) is 25.6 Å². The third kappa shape index (κ3) is 12.7. The van der Waals surface area contributed by atoms with Crippen LogP contribution in [0.25, 0.3) is 0 Å². The predicted octanol–water partition coefficient (Wildman–Crippen LogP) is -1.42. The molecule has 0 spiro atoms. The van der Waals surface area contributed by atoms with Gasteiger partial charge in [0.2, 0.25) is 5.91 Å². The third-order valence-electron chi connectivity index (χ3n) is 4.80. The zero-order valence-electron chi connectivity index (χ0n) is 21.2. The van der Waals surface area contributed by atoms with Crippen molar-refractivity contribution >= 4 is 46.8 Å². The Balaban J connectivity index is 2.91. The van der Waals surface area contributed by atoms with E-state index in [0.717, 1.165) is 11.8 Å². The smallest absolute Gasteiger partial charge is 0.508 e. The lowest BCUT2D eigenvalue weighted by Crippen LogP contribution is -2.50. The lowest BCUT2D eigenvalue weighted by Gasteiger charge is -2.32. The standard InChI is InChI=1S/C22H35N3O10S/c1-22(2,13-33-21(32)34-14(10-16(27)28)12-25(3,4)5)19-20(31)24-7-6-15(26)23-8-9-36-18(30)11-17(29)35-19/h14,19H,6-13H2,1-5H3,(H2-,23,24,26,27,28,31)/t14-,19+/m1/s1. The monoisotopic (exact) mass is 533 g/mol. The number of esters is 1. The first-order valence-corrected chi connectivity index (χ1v) is 12.3. The number of nitrogens with zero attached hydrogens (tertiary/aromatic N) is 1. The maximum atomic E-state index is 12.8. The lowest BCUT2D eigenvalue weighted by atomic mass is 9.86. The fraction of sp³-hybridized carbons (Fsp3) is 0.727. The Hall–Kier alpha value is -2.87. The van der Waals surface area contributed by atoms with Gasteiger partial charge in [-0.3, -0.25) is 19.2 Å². The summed E-state index contributed by atoms with van der Waals surface area (Å²) < 4.78 is 15.9. The van der Waals surface area contributed by atoms with Crippen LogP contribution in [0.4, 0.5) is 4.79 Å². The van der Waals surface area contributed by atoms with Gasteiger partial charge in [-0.2, -0.15) is 0 Å². The molecule has 1 fully saturated rings. The number of ether oxygens (including phenoxy) is 3. The molecular weight excluding hydrogens is 498 g/mol. The Morgan fingerprint density at radius 1 is 1.17 bits per heavy atom. The first-order chi connectivity index (χ1) is 16.6. The Bertz CT molecular complexity index is 840. The summed E-state index contributed by atoms with van der Waals surface area (Å²) in [4.78, 5) is 72.3. The Labute approximate surface area is 214 Å². The van der Waals surface area contributed by atoms with E-state index in [2.05, 4.69) is 10.6 Å². The van der Waals surface area contributed by atoms with Crippen LogP contribution in [0, 0.1) is 5.41 Å². The molecule has 0 aromatic heterocycles. The lowest BCUT2D eigenvalue weighted by molar-refractivity contribution is -0.873.